The molecule has 15 heavy (non-hydrogen) atoms. The number of hydrogen-bond donors (Lipinski definition) is 2. The molecule has 0 aliphatic rings. The summed E-state index contributed by atoms with van der Waals surface area (Å²) >= 11 is 0. The van der Waals surface area contributed by atoms with Gasteiger partial charge >= 0.3 is 0 Å². The van der Waals surface area contributed by atoms with E-state index in [4.69, 9.17) is 5.11 Å². The summed E-state index contributed by atoms with van der Waals surface area (Å²) in [5, 5.41) is 8.63. The van der Waals surface area contributed by atoms with Crippen LogP contribution in [-0.2, 0) is 0 Å². The molecule has 0 saturated carbocycles. The van der Waals surface area contributed by atoms with Crippen molar-refractivity contribution in [2.45, 2.75) is 12.8 Å². The highest BCUT2D eigenvalue weighted by Gasteiger charge is 2.06. The molecule has 0 radical (unpaired) electrons. The fraction of sp³-hybridized carbons (Fsp3) is 0.273. The molecule has 78 valence electrons. The van der Waals surface area contributed by atoms with Gasteiger partial charge in [0.25, 0.3) is 0 Å². The number of imidazole rings is 1. The van der Waals surface area contributed by atoms with Gasteiger partial charge in [-0.1, -0.05) is 0 Å². The molecule has 0 bridgehead atoms. The van der Waals surface area contributed by atoms with E-state index in [0.717, 1.165) is 11.0 Å². The lowest BCUT2D eigenvalue weighted by molar-refractivity contribution is 0.0971. The number of aliphatic hydroxyl groups is 1. The molecule has 1 aromatic heterocycles. The second-order valence-electron chi connectivity index (χ2n) is 3.38. The molecule has 1 heterocycles. The molecule has 1 aromatic carbocycles. The SMILES string of the molecule is O=C(CCCO)c1ccc2nc[nH]c2c1. The van der Waals surface area contributed by atoms with Crippen molar-refractivity contribution in [1.29, 1.82) is 0 Å². The maximum atomic E-state index is 11.6. The van der Waals surface area contributed by atoms with E-state index in [1.807, 2.05) is 6.07 Å². The number of carbonyl (C=O) groups excluding carboxylic acids is 1. The molecule has 0 spiro atoms. The first-order chi connectivity index (χ1) is 7.31. The van der Waals surface area contributed by atoms with E-state index in [-0.39, 0.29) is 12.4 Å². The number of rotatable bonds is 4. The van der Waals surface area contributed by atoms with Crippen molar-refractivity contribution in [3.8, 4) is 0 Å². The third-order valence-corrected chi connectivity index (χ3v) is 2.30. The summed E-state index contributed by atoms with van der Waals surface area (Å²) in [6.07, 6.45) is 2.50. The minimum absolute atomic E-state index is 0.0536. The van der Waals surface area contributed by atoms with E-state index in [1.54, 1.807) is 18.5 Å². The number of aliphatic hydroxyl groups excluding tert-OH is 1. The van der Waals surface area contributed by atoms with Gasteiger partial charge in [0.2, 0.25) is 0 Å². The maximum Gasteiger partial charge on any atom is 0.163 e. The van der Waals surface area contributed by atoms with E-state index in [0.29, 0.717) is 18.4 Å². The number of nitrogens with one attached hydrogen (secondary N) is 1. The Bertz CT molecular complexity index is 476. The van der Waals surface area contributed by atoms with Gasteiger partial charge in [-0.2, -0.15) is 0 Å². The number of carbonyl (C=O) groups is 1. The summed E-state index contributed by atoms with van der Waals surface area (Å²) in [4.78, 5) is 18.7. The van der Waals surface area contributed by atoms with Gasteiger partial charge in [0.15, 0.2) is 5.78 Å². The number of H-pyrrole nitrogens is 1. The first-order valence-electron chi connectivity index (χ1n) is 4.88. The number of ketones is 1. The first kappa shape index (κ1) is 9.86. The quantitative estimate of drug-likeness (QED) is 0.742. The number of Topliss-reactive ketones (excluding diaryl/α,β-unsaturated/α-hetero) is 1. The van der Waals surface area contributed by atoms with Crippen LogP contribution in [-0.4, -0.2) is 27.5 Å². The molecule has 0 unspecified atom stereocenters. The number of hydrogen-bond acceptors (Lipinski definition) is 3. The Morgan fingerprint density at radius 3 is 3.13 bits per heavy atom. The summed E-state index contributed by atoms with van der Waals surface area (Å²) in [6.45, 7) is 0.0536. The van der Waals surface area contributed by atoms with Crippen LogP contribution < -0.4 is 0 Å². The van der Waals surface area contributed by atoms with Gasteiger partial charge in [-0.25, -0.2) is 4.98 Å². The van der Waals surface area contributed by atoms with Crippen molar-refractivity contribution in [2.24, 2.45) is 0 Å². The van der Waals surface area contributed by atoms with Crippen LogP contribution in [0.1, 0.15) is 23.2 Å². The van der Waals surface area contributed by atoms with Crippen LogP contribution in [0.2, 0.25) is 0 Å². The minimum atomic E-state index is 0.0536. The van der Waals surface area contributed by atoms with E-state index < -0.39 is 0 Å². The van der Waals surface area contributed by atoms with Gasteiger partial charge in [-0.3, -0.25) is 4.79 Å². The van der Waals surface area contributed by atoms with Crippen LogP contribution in [0.3, 0.4) is 0 Å². The molecule has 0 aliphatic carbocycles. The smallest absolute Gasteiger partial charge is 0.163 e. The third kappa shape index (κ3) is 2.05. The third-order valence-electron chi connectivity index (χ3n) is 2.30. The fourth-order valence-corrected chi connectivity index (χ4v) is 1.49. The molecule has 2 rings (SSSR count). The zero-order valence-corrected chi connectivity index (χ0v) is 8.23. The van der Waals surface area contributed by atoms with Gasteiger partial charge in [-0.05, 0) is 24.6 Å². The zero-order chi connectivity index (χ0) is 10.7. The molecule has 4 heteroatoms. The minimum Gasteiger partial charge on any atom is -0.396 e. The van der Waals surface area contributed by atoms with Crippen LogP contribution >= 0.6 is 0 Å². The van der Waals surface area contributed by atoms with Gasteiger partial charge in [0, 0.05) is 18.6 Å². The van der Waals surface area contributed by atoms with Crippen molar-refractivity contribution in [2.75, 3.05) is 6.61 Å². The fourth-order valence-electron chi connectivity index (χ4n) is 1.49. The van der Waals surface area contributed by atoms with E-state index in [1.165, 1.54) is 0 Å². The summed E-state index contributed by atoms with van der Waals surface area (Å²) in [6, 6.07) is 5.38. The molecule has 2 aromatic rings. The van der Waals surface area contributed by atoms with Crippen LogP contribution in [0.25, 0.3) is 11.0 Å². The molecular formula is C11H12N2O2. The Labute approximate surface area is 87.0 Å². The van der Waals surface area contributed by atoms with E-state index in [2.05, 4.69) is 9.97 Å². The van der Waals surface area contributed by atoms with Crippen LogP contribution in [0.5, 0.6) is 0 Å². The van der Waals surface area contributed by atoms with E-state index >= 15 is 0 Å². The summed E-state index contributed by atoms with van der Waals surface area (Å²) < 4.78 is 0. The Morgan fingerprint density at radius 1 is 1.47 bits per heavy atom. The Kier molecular flexibility index (Phi) is 2.78. The molecule has 0 amide bonds. The van der Waals surface area contributed by atoms with Crippen LogP contribution in [0, 0.1) is 0 Å². The topological polar surface area (TPSA) is 66.0 Å². The highest BCUT2D eigenvalue weighted by molar-refractivity contribution is 5.98. The van der Waals surface area contributed by atoms with Gasteiger partial charge in [0.1, 0.15) is 0 Å². The number of benzene rings is 1. The lowest BCUT2D eigenvalue weighted by Crippen LogP contribution is -2.00. The molecule has 0 atom stereocenters. The molecular weight excluding hydrogens is 192 g/mol. The van der Waals surface area contributed by atoms with Crippen molar-refractivity contribution in [3.05, 3.63) is 30.1 Å². The molecule has 2 N–H and O–H groups in total. The largest absolute Gasteiger partial charge is 0.396 e. The van der Waals surface area contributed by atoms with Crippen LogP contribution in [0.15, 0.2) is 24.5 Å². The summed E-state index contributed by atoms with van der Waals surface area (Å²) in [7, 11) is 0. The average molecular weight is 204 g/mol. The lowest BCUT2D eigenvalue weighted by atomic mass is 10.1. The molecule has 0 aliphatic heterocycles. The van der Waals surface area contributed by atoms with Crippen LogP contribution in [0.4, 0.5) is 0 Å². The number of aromatic nitrogens is 2. The average Bonchev–Trinajstić information content (AvgIpc) is 2.72. The number of nitrogens with zero attached hydrogens (tertiary/aromatic N) is 1. The van der Waals surface area contributed by atoms with Crippen molar-refractivity contribution < 1.29 is 9.90 Å². The Morgan fingerprint density at radius 2 is 2.33 bits per heavy atom. The Balaban J connectivity index is 2.23. The number of fused-ring (bicyclic) bond motifs is 1. The summed E-state index contributed by atoms with van der Waals surface area (Å²) in [5.74, 6) is 0.0561. The molecule has 0 fully saturated rings. The van der Waals surface area contributed by atoms with Crippen molar-refractivity contribution in [3.63, 3.8) is 0 Å². The first-order valence-corrected chi connectivity index (χ1v) is 4.88. The predicted octanol–water partition coefficient (Wildman–Crippen LogP) is 1.52. The monoisotopic (exact) mass is 204 g/mol. The van der Waals surface area contributed by atoms with Crippen molar-refractivity contribution in [1.82, 2.24) is 9.97 Å². The standard InChI is InChI=1S/C11H12N2O2/c14-5-1-2-11(15)8-3-4-9-10(6-8)13-7-12-9/h3-4,6-7,14H,1-2,5H2,(H,12,13). The Hall–Kier alpha value is -1.68. The second kappa shape index (κ2) is 4.23. The molecule has 4 nitrogen and oxygen atoms in total. The highest BCUT2D eigenvalue weighted by Crippen LogP contribution is 2.13. The van der Waals surface area contributed by atoms with Gasteiger partial charge in [-0.15, -0.1) is 0 Å². The van der Waals surface area contributed by atoms with Gasteiger partial charge < -0.3 is 10.1 Å². The van der Waals surface area contributed by atoms with E-state index in [9.17, 15) is 4.79 Å². The maximum absolute atomic E-state index is 11.6. The highest BCUT2D eigenvalue weighted by atomic mass is 16.3. The molecule has 0 saturated heterocycles. The lowest BCUT2D eigenvalue weighted by Gasteiger charge is -1.99. The van der Waals surface area contributed by atoms with Crippen molar-refractivity contribution >= 4 is 16.8 Å². The second-order valence-corrected chi connectivity index (χ2v) is 3.38. The summed E-state index contributed by atoms with van der Waals surface area (Å²) in [5.41, 5.74) is 2.39. The normalized spacial score (nSPS) is 10.7. The van der Waals surface area contributed by atoms with Gasteiger partial charge in [0.05, 0.1) is 17.4 Å². The predicted molar refractivity (Wildman–Crippen MR) is 56.7 cm³/mol. The number of aromatic amines is 1. The zero-order valence-electron chi connectivity index (χ0n) is 8.23.